The molecule has 1 aromatic rings. The summed E-state index contributed by atoms with van der Waals surface area (Å²) in [6.45, 7) is 0.679. The fraction of sp³-hybridized carbons (Fsp3) is 0.538. The van der Waals surface area contributed by atoms with Crippen molar-refractivity contribution in [3.8, 4) is 0 Å². The molecule has 1 aliphatic rings. The maximum atomic E-state index is 12.4. The molecular formula is C13H17ClN2O2. The van der Waals surface area contributed by atoms with Crippen LogP contribution in [0.3, 0.4) is 0 Å². The number of carbonyl (C=O) groups excluding carboxylic acids is 1. The van der Waals surface area contributed by atoms with Gasteiger partial charge in [-0.3, -0.25) is 4.79 Å². The van der Waals surface area contributed by atoms with Crippen LogP contribution in [0.15, 0.2) is 18.3 Å². The second-order valence-electron chi connectivity index (χ2n) is 4.53. The highest BCUT2D eigenvalue weighted by molar-refractivity contribution is 6.32. The lowest BCUT2D eigenvalue weighted by Gasteiger charge is -2.28. The maximum absolute atomic E-state index is 12.4. The quantitative estimate of drug-likeness (QED) is 0.836. The lowest BCUT2D eigenvalue weighted by molar-refractivity contribution is 0.0599. The second-order valence-corrected chi connectivity index (χ2v) is 4.88. The number of nitrogens with zero attached hydrogens (tertiary/aromatic N) is 2. The van der Waals surface area contributed by atoms with Gasteiger partial charge in [0.15, 0.2) is 0 Å². The summed E-state index contributed by atoms with van der Waals surface area (Å²) in [5.74, 6) is -0.131. The summed E-state index contributed by atoms with van der Waals surface area (Å²) in [6.07, 6.45) is 5.53. The maximum Gasteiger partial charge on any atom is 0.257 e. The Labute approximate surface area is 112 Å². The molecule has 5 heteroatoms. The Balaban J connectivity index is 2.23. The molecule has 0 bridgehead atoms. The van der Waals surface area contributed by atoms with E-state index >= 15 is 0 Å². The van der Waals surface area contributed by atoms with Gasteiger partial charge < -0.3 is 10.0 Å². The number of aliphatic hydroxyl groups excluding tert-OH is 1. The number of amides is 1. The number of pyridine rings is 1. The summed E-state index contributed by atoms with van der Waals surface area (Å²) in [4.78, 5) is 18.1. The Kier molecular flexibility index (Phi) is 4.55. The predicted octanol–water partition coefficient (Wildman–Crippen LogP) is 2.11. The summed E-state index contributed by atoms with van der Waals surface area (Å²) in [5.41, 5.74) is 0.416. The first-order valence-electron chi connectivity index (χ1n) is 6.26. The summed E-state index contributed by atoms with van der Waals surface area (Å²) < 4.78 is 0. The highest BCUT2D eigenvalue weighted by Gasteiger charge is 2.27. The van der Waals surface area contributed by atoms with E-state index in [9.17, 15) is 9.90 Å². The largest absolute Gasteiger partial charge is 0.394 e. The van der Waals surface area contributed by atoms with Crippen molar-refractivity contribution in [1.82, 2.24) is 9.88 Å². The second kappa shape index (κ2) is 6.16. The van der Waals surface area contributed by atoms with Crippen LogP contribution in [0.4, 0.5) is 0 Å². The van der Waals surface area contributed by atoms with Gasteiger partial charge >= 0.3 is 0 Å². The summed E-state index contributed by atoms with van der Waals surface area (Å²) in [5, 5.41) is 9.63. The third-order valence-corrected chi connectivity index (χ3v) is 3.64. The molecule has 0 spiro atoms. The zero-order chi connectivity index (χ0) is 13.0. The van der Waals surface area contributed by atoms with Gasteiger partial charge in [-0.2, -0.15) is 0 Å². The third-order valence-electron chi connectivity index (χ3n) is 3.34. The fourth-order valence-corrected chi connectivity index (χ4v) is 2.53. The van der Waals surface area contributed by atoms with Gasteiger partial charge in [-0.1, -0.05) is 24.4 Å². The minimum atomic E-state index is -0.131. The smallest absolute Gasteiger partial charge is 0.257 e. The first-order valence-corrected chi connectivity index (χ1v) is 6.64. The van der Waals surface area contributed by atoms with E-state index in [2.05, 4.69) is 4.98 Å². The van der Waals surface area contributed by atoms with Gasteiger partial charge in [0, 0.05) is 12.7 Å². The predicted molar refractivity (Wildman–Crippen MR) is 69.6 cm³/mol. The zero-order valence-corrected chi connectivity index (χ0v) is 10.9. The molecule has 1 N–H and O–H groups in total. The van der Waals surface area contributed by atoms with E-state index in [1.807, 2.05) is 0 Å². The molecule has 1 aromatic heterocycles. The number of aromatic nitrogens is 1. The highest BCUT2D eigenvalue weighted by atomic mass is 35.5. The van der Waals surface area contributed by atoms with Crippen molar-refractivity contribution in [2.24, 2.45) is 0 Å². The van der Waals surface area contributed by atoms with E-state index in [0.717, 1.165) is 25.7 Å². The van der Waals surface area contributed by atoms with E-state index in [1.165, 1.54) is 0 Å². The number of hydrogen-bond donors (Lipinski definition) is 1. The average molecular weight is 269 g/mol. The molecule has 4 nitrogen and oxygen atoms in total. The van der Waals surface area contributed by atoms with Crippen LogP contribution in [-0.4, -0.2) is 40.1 Å². The van der Waals surface area contributed by atoms with Crippen LogP contribution in [0.5, 0.6) is 0 Å². The summed E-state index contributed by atoms with van der Waals surface area (Å²) in [6, 6.07) is 3.28. The number of aliphatic hydroxyl groups is 1. The molecule has 2 rings (SSSR count). The Morgan fingerprint density at radius 2 is 2.33 bits per heavy atom. The average Bonchev–Trinajstić information content (AvgIpc) is 2.63. The molecule has 2 heterocycles. The normalized spacial score (nSPS) is 20.6. The van der Waals surface area contributed by atoms with Crippen LogP contribution in [0, 0.1) is 0 Å². The van der Waals surface area contributed by atoms with Crippen LogP contribution in [0.25, 0.3) is 0 Å². The third kappa shape index (κ3) is 2.82. The van der Waals surface area contributed by atoms with Gasteiger partial charge in [-0.05, 0) is 25.0 Å². The van der Waals surface area contributed by atoms with E-state index < -0.39 is 0 Å². The molecule has 1 unspecified atom stereocenters. The number of likely N-dealkylation sites (tertiary alicyclic amines) is 1. The van der Waals surface area contributed by atoms with Gasteiger partial charge in [0.2, 0.25) is 0 Å². The number of rotatable bonds is 2. The standard InChI is InChI=1S/C13H17ClN2O2/c14-12-11(6-4-7-15-12)13(18)16-8-3-1-2-5-10(16)9-17/h4,6-7,10,17H,1-3,5,8-9H2. The van der Waals surface area contributed by atoms with E-state index in [0.29, 0.717) is 12.1 Å². The number of halogens is 1. The Morgan fingerprint density at radius 3 is 3.06 bits per heavy atom. The summed E-state index contributed by atoms with van der Waals surface area (Å²) in [7, 11) is 0. The number of carbonyl (C=O) groups is 1. The topological polar surface area (TPSA) is 53.4 Å². The van der Waals surface area contributed by atoms with Crippen LogP contribution >= 0.6 is 11.6 Å². The van der Waals surface area contributed by atoms with E-state index in [4.69, 9.17) is 11.6 Å². The van der Waals surface area contributed by atoms with Crippen LogP contribution in [-0.2, 0) is 0 Å². The molecule has 1 saturated heterocycles. The first-order chi connectivity index (χ1) is 8.74. The first kappa shape index (κ1) is 13.3. The zero-order valence-electron chi connectivity index (χ0n) is 10.2. The molecule has 0 aromatic carbocycles. The molecular weight excluding hydrogens is 252 g/mol. The highest BCUT2D eigenvalue weighted by Crippen LogP contribution is 2.21. The molecule has 1 fully saturated rings. The lowest BCUT2D eigenvalue weighted by atomic mass is 10.1. The molecule has 18 heavy (non-hydrogen) atoms. The van der Waals surface area contributed by atoms with E-state index in [1.54, 1.807) is 23.2 Å². The van der Waals surface area contributed by atoms with Gasteiger partial charge in [-0.15, -0.1) is 0 Å². The minimum Gasteiger partial charge on any atom is -0.394 e. The van der Waals surface area contributed by atoms with Gasteiger partial charge in [0.1, 0.15) is 5.15 Å². The van der Waals surface area contributed by atoms with Crippen molar-refractivity contribution in [1.29, 1.82) is 0 Å². The Bertz CT molecular complexity index is 425. The Morgan fingerprint density at radius 1 is 1.50 bits per heavy atom. The van der Waals surface area contributed by atoms with Crippen molar-refractivity contribution >= 4 is 17.5 Å². The van der Waals surface area contributed by atoms with Crippen LogP contribution in [0.2, 0.25) is 5.15 Å². The molecule has 0 radical (unpaired) electrons. The number of hydrogen-bond acceptors (Lipinski definition) is 3. The summed E-state index contributed by atoms with van der Waals surface area (Å²) >= 11 is 5.95. The molecule has 0 aliphatic carbocycles. The monoisotopic (exact) mass is 268 g/mol. The van der Waals surface area contributed by atoms with Gasteiger partial charge in [0.05, 0.1) is 18.2 Å². The van der Waals surface area contributed by atoms with Crippen molar-refractivity contribution in [2.75, 3.05) is 13.2 Å². The van der Waals surface area contributed by atoms with Crippen LogP contribution in [0.1, 0.15) is 36.0 Å². The van der Waals surface area contributed by atoms with Crippen molar-refractivity contribution in [2.45, 2.75) is 31.7 Å². The minimum absolute atomic E-state index is 0.00359. The SMILES string of the molecule is O=C(c1cccnc1Cl)N1CCCCCC1CO. The van der Waals surface area contributed by atoms with Crippen molar-refractivity contribution in [3.05, 3.63) is 29.0 Å². The molecule has 98 valence electrons. The van der Waals surface area contributed by atoms with Gasteiger partial charge in [-0.25, -0.2) is 4.98 Å². The van der Waals surface area contributed by atoms with E-state index in [-0.39, 0.29) is 23.7 Å². The van der Waals surface area contributed by atoms with Crippen LogP contribution < -0.4 is 0 Å². The fourth-order valence-electron chi connectivity index (χ4n) is 2.33. The Hall–Kier alpha value is -1.13. The van der Waals surface area contributed by atoms with Gasteiger partial charge in [0.25, 0.3) is 5.91 Å². The van der Waals surface area contributed by atoms with Crippen molar-refractivity contribution in [3.63, 3.8) is 0 Å². The molecule has 1 amide bonds. The molecule has 1 atom stereocenters. The lowest BCUT2D eigenvalue weighted by Crippen LogP contribution is -2.42. The molecule has 0 saturated carbocycles. The molecule has 1 aliphatic heterocycles. The van der Waals surface area contributed by atoms with Crippen molar-refractivity contribution < 1.29 is 9.90 Å².